The lowest BCUT2D eigenvalue weighted by Crippen LogP contribution is -2.31. The van der Waals surface area contributed by atoms with Crippen LogP contribution in [-0.2, 0) is 0 Å². The van der Waals surface area contributed by atoms with E-state index in [4.69, 9.17) is 0 Å². The van der Waals surface area contributed by atoms with Crippen LogP contribution in [0.2, 0.25) is 0 Å². The van der Waals surface area contributed by atoms with Crippen molar-refractivity contribution >= 4 is 17.7 Å². The summed E-state index contributed by atoms with van der Waals surface area (Å²) in [7, 11) is 0. The minimum Gasteiger partial charge on any atom is -0.340 e. The molecule has 124 valence electrons. The Bertz CT molecular complexity index is 783. The molecule has 0 radical (unpaired) electrons. The Balaban J connectivity index is 1.65. The van der Waals surface area contributed by atoms with E-state index in [1.165, 1.54) is 24.5 Å². The van der Waals surface area contributed by atoms with Crippen LogP contribution in [0.3, 0.4) is 0 Å². The van der Waals surface area contributed by atoms with Gasteiger partial charge in [-0.25, -0.2) is 18.7 Å². The normalized spacial score (nSPS) is 14.6. The summed E-state index contributed by atoms with van der Waals surface area (Å²) >= 11 is 0. The highest BCUT2D eigenvalue weighted by atomic mass is 19.2. The number of hydrogen-bond acceptors (Lipinski definition) is 5. The quantitative estimate of drug-likeness (QED) is 0.637. The molecule has 1 aliphatic rings. The SMILES string of the molecule is O=[N+]([O-])c1cnc(N2CCC(=Cc3ccc(F)c(F)c3)CC2)nc1. The topological polar surface area (TPSA) is 72.2 Å². The van der Waals surface area contributed by atoms with Crippen LogP contribution in [-0.4, -0.2) is 28.0 Å². The molecule has 1 fully saturated rings. The molecule has 1 aromatic heterocycles. The Morgan fingerprint density at radius 2 is 1.79 bits per heavy atom. The predicted molar refractivity (Wildman–Crippen MR) is 84.5 cm³/mol. The molecule has 0 aliphatic carbocycles. The molecule has 0 unspecified atom stereocenters. The van der Waals surface area contributed by atoms with E-state index in [0.29, 0.717) is 24.6 Å². The summed E-state index contributed by atoms with van der Waals surface area (Å²) in [4.78, 5) is 20.0. The lowest BCUT2D eigenvalue weighted by atomic mass is 10.0. The maximum absolute atomic E-state index is 13.2. The zero-order chi connectivity index (χ0) is 17.1. The van der Waals surface area contributed by atoms with E-state index in [2.05, 4.69) is 9.97 Å². The van der Waals surface area contributed by atoms with E-state index >= 15 is 0 Å². The van der Waals surface area contributed by atoms with E-state index in [-0.39, 0.29) is 5.69 Å². The Kier molecular flexibility index (Phi) is 4.45. The van der Waals surface area contributed by atoms with Crippen molar-refractivity contribution < 1.29 is 13.7 Å². The van der Waals surface area contributed by atoms with Crippen LogP contribution in [0.15, 0.2) is 36.2 Å². The van der Waals surface area contributed by atoms with Gasteiger partial charge in [-0.3, -0.25) is 10.1 Å². The maximum Gasteiger partial charge on any atom is 0.305 e. The number of benzene rings is 1. The highest BCUT2D eigenvalue weighted by Crippen LogP contribution is 2.23. The van der Waals surface area contributed by atoms with Crippen molar-refractivity contribution in [1.29, 1.82) is 0 Å². The van der Waals surface area contributed by atoms with E-state index < -0.39 is 16.6 Å². The fourth-order valence-electron chi connectivity index (χ4n) is 2.55. The first-order valence-corrected chi connectivity index (χ1v) is 7.39. The van der Waals surface area contributed by atoms with Crippen molar-refractivity contribution in [2.45, 2.75) is 12.8 Å². The summed E-state index contributed by atoms with van der Waals surface area (Å²) in [6, 6.07) is 3.83. The van der Waals surface area contributed by atoms with Gasteiger partial charge in [-0.1, -0.05) is 17.7 Å². The van der Waals surface area contributed by atoms with Gasteiger partial charge in [0.05, 0.1) is 4.92 Å². The minimum atomic E-state index is -0.860. The molecule has 0 amide bonds. The van der Waals surface area contributed by atoms with Crippen LogP contribution < -0.4 is 4.90 Å². The molecule has 0 atom stereocenters. The third-order valence-electron chi connectivity index (χ3n) is 3.84. The van der Waals surface area contributed by atoms with Crippen LogP contribution in [0, 0.1) is 21.7 Å². The number of nitro groups is 1. The number of piperidine rings is 1. The van der Waals surface area contributed by atoms with Crippen molar-refractivity contribution in [3.05, 3.63) is 63.5 Å². The van der Waals surface area contributed by atoms with Gasteiger partial charge in [-0.15, -0.1) is 0 Å². The molecule has 1 aliphatic heterocycles. The molecule has 1 aromatic carbocycles. The van der Waals surface area contributed by atoms with Gasteiger partial charge in [0, 0.05) is 13.1 Å². The summed E-state index contributed by atoms with van der Waals surface area (Å²) in [5.41, 5.74) is 1.61. The predicted octanol–water partition coefficient (Wildman–Crippen LogP) is 3.35. The second-order valence-corrected chi connectivity index (χ2v) is 5.46. The van der Waals surface area contributed by atoms with Crippen LogP contribution >= 0.6 is 0 Å². The highest BCUT2D eigenvalue weighted by molar-refractivity contribution is 5.54. The number of nitrogens with zero attached hydrogens (tertiary/aromatic N) is 4. The fraction of sp³-hybridized carbons (Fsp3) is 0.250. The summed E-state index contributed by atoms with van der Waals surface area (Å²) in [5.74, 6) is -1.27. The van der Waals surface area contributed by atoms with Gasteiger partial charge in [0.2, 0.25) is 5.95 Å². The molecular formula is C16H14F2N4O2. The lowest BCUT2D eigenvalue weighted by Gasteiger charge is -2.28. The van der Waals surface area contributed by atoms with Gasteiger partial charge in [-0.05, 0) is 30.5 Å². The first-order valence-electron chi connectivity index (χ1n) is 7.39. The monoisotopic (exact) mass is 332 g/mol. The van der Waals surface area contributed by atoms with Crippen LogP contribution in [0.1, 0.15) is 18.4 Å². The molecule has 24 heavy (non-hydrogen) atoms. The van der Waals surface area contributed by atoms with E-state index in [1.807, 2.05) is 11.0 Å². The standard InChI is InChI=1S/C16H14F2N4O2/c17-14-2-1-12(8-15(14)18)7-11-3-5-21(6-4-11)16-19-9-13(10-20-16)22(23)24/h1-2,7-10H,3-6H2. The van der Waals surface area contributed by atoms with Crippen molar-refractivity contribution in [2.24, 2.45) is 0 Å². The minimum absolute atomic E-state index is 0.144. The Morgan fingerprint density at radius 1 is 1.12 bits per heavy atom. The second-order valence-electron chi connectivity index (χ2n) is 5.46. The summed E-state index contributed by atoms with van der Waals surface area (Å²) in [6.45, 7) is 1.32. The Labute approximate surface area is 136 Å². The largest absolute Gasteiger partial charge is 0.340 e. The molecule has 0 bridgehead atoms. The first kappa shape index (κ1) is 16.0. The highest BCUT2D eigenvalue weighted by Gasteiger charge is 2.17. The number of halogens is 2. The molecule has 0 N–H and O–H groups in total. The Hall–Kier alpha value is -2.90. The van der Waals surface area contributed by atoms with E-state index in [1.54, 1.807) is 0 Å². The molecule has 3 rings (SSSR count). The van der Waals surface area contributed by atoms with Crippen molar-refractivity contribution in [1.82, 2.24) is 9.97 Å². The molecular weight excluding hydrogens is 318 g/mol. The average molecular weight is 332 g/mol. The zero-order valence-electron chi connectivity index (χ0n) is 12.7. The van der Waals surface area contributed by atoms with Gasteiger partial charge in [-0.2, -0.15) is 0 Å². The third kappa shape index (κ3) is 3.53. The van der Waals surface area contributed by atoms with Gasteiger partial charge in [0.25, 0.3) is 0 Å². The van der Waals surface area contributed by atoms with Crippen molar-refractivity contribution in [3.63, 3.8) is 0 Å². The number of anilines is 1. The summed E-state index contributed by atoms with van der Waals surface area (Å²) in [5, 5.41) is 10.6. The molecule has 2 aromatic rings. The molecule has 6 nitrogen and oxygen atoms in total. The van der Waals surface area contributed by atoms with Crippen LogP contribution in [0.4, 0.5) is 20.4 Å². The van der Waals surface area contributed by atoms with Gasteiger partial charge in [0.15, 0.2) is 11.6 Å². The van der Waals surface area contributed by atoms with Crippen LogP contribution in [0.25, 0.3) is 6.08 Å². The smallest absolute Gasteiger partial charge is 0.305 e. The molecule has 2 heterocycles. The maximum atomic E-state index is 13.2. The number of aromatic nitrogens is 2. The average Bonchev–Trinajstić information content (AvgIpc) is 2.59. The fourth-order valence-corrected chi connectivity index (χ4v) is 2.55. The molecule has 8 heteroatoms. The number of rotatable bonds is 3. The molecule has 1 saturated heterocycles. The Morgan fingerprint density at radius 3 is 2.38 bits per heavy atom. The number of hydrogen-bond donors (Lipinski definition) is 0. The molecule has 0 spiro atoms. The van der Waals surface area contributed by atoms with Crippen molar-refractivity contribution in [2.75, 3.05) is 18.0 Å². The third-order valence-corrected chi connectivity index (χ3v) is 3.84. The van der Waals surface area contributed by atoms with Gasteiger partial charge >= 0.3 is 5.69 Å². The second kappa shape index (κ2) is 6.69. The molecule has 0 saturated carbocycles. The van der Waals surface area contributed by atoms with E-state index in [0.717, 1.165) is 24.5 Å². The van der Waals surface area contributed by atoms with Gasteiger partial charge < -0.3 is 4.90 Å². The zero-order valence-corrected chi connectivity index (χ0v) is 12.7. The van der Waals surface area contributed by atoms with Crippen molar-refractivity contribution in [3.8, 4) is 0 Å². The first-order chi connectivity index (χ1) is 11.5. The van der Waals surface area contributed by atoms with E-state index in [9.17, 15) is 18.9 Å². The summed E-state index contributed by atoms with van der Waals surface area (Å²) in [6.07, 6.45) is 5.71. The van der Waals surface area contributed by atoms with Crippen LogP contribution in [0.5, 0.6) is 0 Å². The van der Waals surface area contributed by atoms with Gasteiger partial charge in [0.1, 0.15) is 12.4 Å². The lowest BCUT2D eigenvalue weighted by molar-refractivity contribution is -0.385. The summed E-state index contributed by atoms with van der Waals surface area (Å²) < 4.78 is 26.2.